The molecule has 28 heavy (non-hydrogen) atoms. The Kier molecular flexibility index (Phi) is 7.60. The Morgan fingerprint density at radius 3 is 2.29 bits per heavy atom. The molecule has 2 rings (SSSR count). The minimum atomic E-state index is -0.435. The molecule has 0 saturated heterocycles. The summed E-state index contributed by atoms with van der Waals surface area (Å²) in [4.78, 5) is 27.6. The number of thioether (sulfide) groups is 1. The summed E-state index contributed by atoms with van der Waals surface area (Å²) in [5.74, 6) is 0.302. The van der Waals surface area contributed by atoms with Crippen LogP contribution >= 0.6 is 23.4 Å². The van der Waals surface area contributed by atoms with Crippen LogP contribution in [0.15, 0.2) is 41.3 Å². The van der Waals surface area contributed by atoms with Gasteiger partial charge in [-0.1, -0.05) is 23.7 Å². The number of nitrogens with zero attached hydrogens (tertiary/aromatic N) is 1. The Balaban J connectivity index is 2.31. The van der Waals surface area contributed by atoms with Crippen molar-refractivity contribution in [2.24, 2.45) is 0 Å². The second kappa shape index (κ2) is 9.71. The first-order valence-corrected chi connectivity index (χ1v) is 9.74. The molecular formula is C20H23ClN2O4S. The molecule has 2 aromatic carbocycles. The highest BCUT2D eigenvalue weighted by molar-refractivity contribution is 8.00. The average Bonchev–Trinajstić information content (AvgIpc) is 2.68. The second-order valence-electron chi connectivity index (χ2n) is 6.13. The summed E-state index contributed by atoms with van der Waals surface area (Å²) in [5, 5.41) is 2.98. The molecule has 1 atom stereocenters. The van der Waals surface area contributed by atoms with E-state index in [2.05, 4.69) is 5.32 Å². The van der Waals surface area contributed by atoms with Gasteiger partial charge >= 0.3 is 0 Å². The Morgan fingerprint density at radius 2 is 1.71 bits per heavy atom. The van der Waals surface area contributed by atoms with Crippen molar-refractivity contribution in [2.45, 2.75) is 17.1 Å². The van der Waals surface area contributed by atoms with E-state index in [4.69, 9.17) is 21.1 Å². The standard InChI is InChI=1S/C20H23ClN2O4S/c1-12(28-18-9-7-6-8-14(18)21)19(24)22-15-11-17(27-5)16(26-4)10-13(15)20(25)23(2)3/h6-12H,1-5H3,(H,22,24). The van der Waals surface area contributed by atoms with Gasteiger partial charge in [-0.2, -0.15) is 0 Å². The van der Waals surface area contributed by atoms with Crippen LogP contribution < -0.4 is 14.8 Å². The maximum absolute atomic E-state index is 12.8. The van der Waals surface area contributed by atoms with Gasteiger partial charge in [0.15, 0.2) is 11.5 Å². The summed E-state index contributed by atoms with van der Waals surface area (Å²) < 4.78 is 10.6. The van der Waals surface area contributed by atoms with Crippen molar-refractivity contribution in [3.63, 3.8) is 0 Å². The first kappa shape index (κ1) is 21.9. The summed E-state index contributed by atoms with van der Waals surface area (Å²) in [6, 6.07) is 10.5. The summed E-state index contributed by atoms with van der Waals surface area (Å²) in [6.45, 7) is 1.78. The minimum absolute atomic E-state index is 0.259. The first-order valence-electron chi connectivity index (χ1n) is 8.48. The monoisotopic (exact) mass is 422 g/mol. The predicted octanol–water partition coefficient (Wildman–Crippen LogP) is 4.18. The molecule has 0 fully saturated rings. The maximum atomic E-state index is 12.8. The van der Waals surface area contributed by atoms with Crippen LogP contribution in [0.25, 0.3) is 0 Å². The molecule has 1 N–H and O–H groups in total. The normalized spacial score (nSPS) is 11.5. The lowest BCUT2D eigenvalue weighted by Gasteiger charge is -2.19. The summed E-state index contributed by atoms with van der Waals surface area (Å²) >= 11 is 7.52. The number of ether oxygens (including phenoxy) is 2. The molecule has 0 saturated carbocycles. The molecule has 1 unspecified atom stereocenters. The number of carbonyl (C=O) groups excluding carboxylic acids is 2. The number of nitrogens with one attached hydrogen (secondary N) is 1. The highest BCUT2D eigenvalue weighted by Gasteiger charge is 2.22. The van der Waals surface area contributed by atoms with Crippen LogP contribution in [-0.2, 0) is 4.79 Å². The van der Waals surface area contributed by atoms with Crippen LogP contribution in [0.1, 0.15) is 17.3 Å². The van der Waals surface area contributed by atoms with Gasteiger partial charge < -0.3 is 19.7 Å². The minimum Gasteiger partial charge on any atom is -0.493 e. The number of anilines is 1. The fraction of sp³-hybridized carbons (Fsp3) is 0.300. The number of hydrogen-bond donors (Lipinski definition) is 1. The van der Waals surface area contributed by atoms with E-state index in [1.807, 2.05) is 18.2 Å². The second-order valence-corrected chi connectivity index (χ2v) is 7.92. The van der Waals surface area contributed by atoms with Crippen LogP contribution in [-0.4, -0.2) is 50.3 Å². The molecule has 0 aliphatic carbocycles. The number of methoxy groups -OCH3 is 2. The Morgan fingerprint density at radius 1 is 1.11 bits per heavy atom. The lowest BCUT2D eigenvalue weighted by molar-refractivity contribution is -0.115. The third kappa shape index (κ3) is 5.11. The molecule has 2 aromatic rings. The van der Waals surface area contributed by atoms with Crippen molar-refractivity contribution < 1.29 is 19.1 Å². The predicted molar refractivity (Wildman–Crippen MR) is 113 cm³/mol. The maximum Gasteiger partial charge on any atom is 0.255 e. The number of rotatable bonds is 7. The van der Waals surface area contributed by atoms with E-state index in [1.165, 1.54) is 30.9 Å². The van der Waals surface area contributed by atoms with Gasteiger partial charge in [0, 0.05) is 25.1 Å². The van der Waals surface area contributed by atoms with Crippen molar-refractivity contribution in [3.05, 3.63) is 47.0 Å². The SMILES string of the molecule is COc1cc(NC(=O)C(C)Sc2ccccc2Cl)c(C(=O)N(C)C)cc1OC. The molecule has 8 heteroatoms. The van der Waals surface area contributed by atoms with E-state index in [9.17, 15) is 9.59 Å². The molecule has 0 bridgehead atoms. The quantitative estimate of drug-likeness (QED) is 0.678. The van der Waals surface area contributed by atoms with E-state index in [-0.39, 0.29) is 11.8 Å². The third-order valence-corrected chi connectivity index (χ3v) is 5.55. The third-order valence-electron chi connectivity index (χ3n) is 3.93. The van der Waals surface area contributed by atoms with Gasteiger partial charge in [-0.05, 0) is 25.1 Å². The zero-order chi connectivity index (χ0) is 20.8. The summed E-state index contributed by atoms with van der Waals surface area (Å²) in [5.41, 5.74) is 0.666. The lowest BCUT2D eigenvalue weighted by Crippen LogP contribution is -2.27. The number of benzene rings is 2. The van der Waals surface area contributed by atoms with Gasteiger partial charge in [-0.3, -0.25) is 9.59 Å². The van der Waals surface area contributed by atoms with Crippen molar-refractivity contribution in [1.82, 2.24) is 4.90 Å². The van der Waals surface area contributed by atoms with Crippen LogP contribution in [0.3, 0.4) is 0 Å². The van der Waals surface area contributed by atoms with E-state index < -0.39 is 5.25 Å². The number of amides is 2. The molecule has 0 radical (unpaired) electrons. The number of halogens is 1. The Labute approximate surface area is 174 Å². The van der Waals surface area contributed by atoms with Gasteiger partial charge in [0.2, 0.25) is 5.91 Å². The smallest absolute Gasteiger partial charge is 0.255 e. The lowest BCUT2D eigenvalue weighted by atomic mass is 10.1. The highest BCUT2D eigenvalue weighted by atomic mass is 35.5. The van der Waals surface area contributed by atoms with Crippen molar-refractivity contribution in [1.29, 1.82) is 0 Å². The van der Waals surface area contributed by atoms with Crippen molar-refractivity contribution in [3.8, 4) is 11.5 Å². The van der Waals surface area contributed by atoms with Gasteiger partial charge in [-0.15, -0.1) is 11.8 Å². The molecule has 150 valence electrons. The zero-order valence-electron chi connectivity index (χ0n) is 16.4. The average molecular weight is 423 g/mol. The summed E-state index contributed by atoms with van der Waals surface area (Å²) in [6.07, 6.45) is 0. The van der Waals surface area contributed by atoms with Gasteiger partial charge in [0.25, 0.3) is 5.91 Å². The van der Waals surface area contributed by atoms with Crippen LogP contribution in [0.4, 0.5) is 5.69 Å². The highest BCUT2D eigenvalue weighted by Crippen LogP contribution is 2.35. The molecule has 0 heterocycles. The molecule has 0 aromatic heterocycles. The van der Waals surface area contributed by atoms with E-state index in [0.29, 0.717) is 27.8 Å². The van der Waals surface area contributed by atoms with E-state index in [0.717, 1.165) is 4.90 Å². The molecule has 6 nitrogen and oxygen atoms in total. The zero-order valence-corrected chi connectivity index (χ0v) is 18.0. The van der Waals surface area contributed by atoms with Crippen LogP contribution in [0, 0.1) is 0 Å². The molecule has 0 aliphatic heterocycles. The number of hydrogen-bond acceptors (Lipinski definition) is 5. The van der Waals surface area contributed by atoms with Gasteiger partial charge in [0.1, 0.15) is 0 Å². The van der Waals surface area contributed by atoms with Crippen molar-refractivity contribution >= 4 is 40.9 Å². The van der Waals surface area contributed by atoms with E-state index in [1.54, 1.807) is 39.2 Å². The Bertz CT molecular complexity index is 873. The van der Waals surface area contributed by atoms with Crippen molar-refractivity contribution in [2.75, 3.05) is 33.6 Å². The Hall–Kier alpha value is -2.38. The van der Waals surface area contributed by atoms with Crippen LogP contribution in [0.5, 0.6) is 11.5 Å². The largest absolute Gasteiger partial charge is 0.493 e. The van der Waals surface area contributed by atoms with Crippen LogP contribution in [0.2, 0.25) is 5.02 Å². The molecule has 0 aliphatic rings. The molecule has 0 spiro atoms. The molecular weight excluding hydrogens is 400 g/mol. The van der Waals surface area contributed by atoms with Gasteiger partial charge in [0.05, 0.1) is 35.7 Å². The first-order chi connectivity index (χ1) is 13.3. The fourth-order valence-corrected chi connectivity index (χ4v) is 3.57. The summed E-state index contributed by atoms with van der Waals surface area (Å²) in [7, 11) is 6.26. The van der Waals surface area contributed by atoms with Gasteiger partial charge in [-0.25, -0.2) is 0 Å². The number of carbonyl (C=O) groups is 2. The van der Waals surface area contributed by atoms with E-state index >= 15 is 0 Å². The molecule has 2 amide bonds. The topological polar surface area (TPSA) is 67.9 Å². The fourth-order valence-electron chi connectivity index (χ4n) is 2.42.